The van der Waals surface area contributed by atoms with Gasteiger partial charge in [0, 0.05) is 74.0 Å². The molecule has 3 aromatic rings. The fourth-order valence-electron chi connectivity index (χ4n) is 7.19. The molecule has 3 saturated heterocycles. The van der Waals surface area contributed by atoms with Crippen LogP contribution in [0.2, 0.25) is 0 Å². The Kier molecular flexibility index (Phi) is 9.54. The van der Waals surface area contributed by atoms with Crippen LogP contribution < -0.4 is 0 Å². The van der Waals surface area contributed by atoms with E-state index in [-0.39, 0.29) is 23.6 Å². The SMILES string of the molecule is CC(C)(C)C(=O)N1CCN(C(=O)[C@@H]2CCCN(C3CCN(C(=O)c4cc(-c5ccccc5)nc(-c5ccccc5)c4)CC3)C2)CC1. The number of pyridine rings is 1. The summed E-state index contributed by atoms with van der Waals surface area (Å²) in [6.07, 6.45) is 3.74. The lowest BCUT2D eigenvalue weighted by atomic mass is 9.92. The lowest BCUT2D eigenvalue weighted by Crippen LogP contribution is -2.56. The van der Waals surface area contributed by atoms with Crippen LogP contribution in [0.4, 0.5) is 0 Å². The lowest BCUT2D eigenvalue weighted by molar-refractivity contribution is -0.147. The Labute approximate surface area is 273 Å². The molecule has 1 atom stereocenters. The number of amides is 3. The van der Waals surface area contributed by atoms with Crippen molar-refractivity contribution >= 4 is 17.7 Å². The summed E-state index contributed by atoms with van der Waals surface area (Å²) < 4.78 is 0. The maximum atomic E-state index is 13.9. The fourth-order valence-corrected chi connectivity index (χ4v) is 7.19. The van der Waals surface area contributed by atoms with Crippen LogP contribution in [-0.2, 0) is 9.59 Å². The summed E-state index contributed by atoms with van der Waals surface area (Å²) in [4.78, 5) is 53.4. The normalized spacial score (nSPS) is 20.1. The van der Waals surface area contributed by atoms with Crippen LogP contribution in [0, 0.1) is 11.3 Å². The number of piperidine rings is 2. The third-order valence-electron chi connectivity index (χ3n) is 9.80. The fraction of sp³-hybridized carbons (Fsp3) is 0.474. The van der Waals surface area contributed by atoms with Crippen molar-refractivity contribution in [3.8, 4) is 22.5 Å². The van der Waals surface area contributed by atoms with Crippen LogP contribution in [0.5, 0.6) is 0 Å². The van der Waals surface area contributed by atoms with Gasteiger partial charge >= 0.3 is 0 Å². The molecule has 0 aliphatic carbocycles. The van der Waals surface area contributed by atoms with Crippen molar-refractivity contribution in [1.82, 2.24) is 24.6 Å². The molecule has 1 aromatic heterocycles. The minimum absolute atomic E-state index is 0.00270. The summed E-state index contributed by atoms with van der Waals surface area (Å²) in [6.45, 7) is 11.5. The molecule has 0 radical (unpaired) electrons. The van der Waals surface area contributed by atoms with Crippen molar-refractivity contribution in [2.75, 3.05) is 52.4 Å². The highest BCUT2D eigenvalue weighted by Crippen LogP contribution is 2.29. The van der Waals surface area contributed by atoms with E-state index in [4.69, 9.17) is 4.98 Å². The first-order valence-electron chi connectivity index (χ1n) is 16.9. The largest absolute Gasteiger partial charge is 0.339 e. The van der Waals surface area contributed by atoms with E-state index in [9.17, 15) is 14.4 Å². The molecule has 0 bridgehead atoms. The molecule has 242 valence electrons. The van der Waals surface area contributed by atoms with Crippen molar-refractivity contribution in [3.05, 3.63) is 78.4 Å². The minimum Gasteiger partial charge on any atom is -0.339 e. The Morgan fingerprint density at radius 3 is 1.76 bits per heavy atom. The highest BCUT2D eigenvalue weighted by Gasteiger charge is 2.36. The van der Waals surface area contributed by atoms with Gasteiger partial charge in [-0.05, 0) is 44.4 Å². The molecule has 6 rings (SSSR count). The summed E-state index contributed by atoms with van der Waals surface area (Å²) in [5.74, 6) is 0.445. The van der Waals surface area contributed by atoms with Gasteiger partial charge in [0.25, 0.3) is 5.91 Å². The van der Waals surface area contributed by atoms with Crippen LogP contribution in [0.3, 0.4) is 0 Å². The Balaban J connectivity index is 1.07. The van der Waals surface area contributed by atoms with Crippen LogP contribution in [0.15, 0.2) is 72.8 Å². The molecule has 3 fully saturated rings. The number of hydrogen-bond donors (Lipinski definition) is 0. The van der Waals surface area contributed by atoms with Crippen molar-refractivity contribution in [1.29, 1.82) is 0 Å². The molecule has 2 aromatic carbocycles. The van der Waals surface area contributed by atoms with E-state index in [1.54, 1.807) is 0 Å². The van der Waals surface area contributed by atoms with Crippen molar-refractivity contribution in [2.45, 2.75) is 52.5 Å². The second-order valence-corrected chi connectivity index (χ2v) is 14.1. The summed E-state index contributed by atoms with van der Waals surface area (Å²) in [5, 5.41) is 0. The van der Waals surface area contributed by atoms with Gasteiger partial charge in [-0.1, -0.05) is 81.4 Å². The molecule has 3 amide bonds. The van der Waals surface area contributed by atoms with Gasteiger partial charge in [-0.2, -0.15) is 0 Å². The molecule has 8 heteroatoms. The molecule has 3 aliphatic heterocycles. The highest BCUT2D eigenvalue weighted by atomic mass is 16.2. The number of carbonyl (C=O) groups is 3. The maximum Gasteiger partial charge on any atom is 0.254 e. The number of likely N-dealkylation sites (tertiary alicyclic amines) is 2. The van der Waals surface area contributed by atoms with Gasteiger partial charge in [-0.25, -0.2) is 4.98 Å². The lowest BCUT2D eigenvalue weighted by Gasteiger charge is -2.44. The Morgan fingerprint density at radius 2 is 1.22 bits per heavy atom. The molecule has 0 saturated carbocycles. The first kappa shape index (κ1) is 31.9. The van der Waals surface area contributed by atoms with Crippen molar-refractivity contribution in [2.24, 2.45) is 11.3 Å². The van der Waals surface area contributed by atoms with Crippen LogP contribution >= 0.6 is 0 Å². The smallest absolute Gasteiger partial charge is 0.254 e. The maximum absolute atomic E-state index is 13.9. The third-order valence-corrected chi connectivity index (χ3v) is 9.80. The molecule has 0 unspecified atom stereocenters. The van der Waals surface area contributed by atoms with Crippen molar-refractivity contribution in [3.63, 3.8) is 0 Å². The topological polar surface area (TPSA) is 77.1 Å². The van der Waals surface area contributed by atoms with Gasteiger partial charge in [-0.15, -0.1) is 0 Å². The number of carbonyl (C=O) groups excluding carboxylic acids is 3. The van der Waals surface area contributed by atoms with E-state index >= 15 is 0 Å². The first-order valence-corrected chi connectivity index (χ1v) is 16.9. The molecule has 46 heavy (non-hydrogen) atoms. The van der Waals surface area contributed by atoms with E-state index in [1.807, 2.05) is 108 Å². The van der Waals surface area contributed by atoms with Crippen LogP contribution in [-0.4, -0.2) is 101 Å². The Morgan fingerprint density at radius 1 is 0.674 bits per heavy atom. The zero-order chi connectivity index (χ0) is 32.3. The van der Waals surface area contributed by atoms with E-state index in [1.165, 1.54) is 0 Å². The number of benzene rings is 2. The highest BCUT2D eigenvalue weighted by molar-refractivity contribution is 5.96. The number of rotatable bonds is 5. The molecule has 3 aliphatic rings. The van der Waals surface area contributed by atoms with E-state index in [0.717, 1.165) is 61.3 Å². The molecular weight excluding hydrogens is 574 g/mol. The van der Waals surface area contributed by atoms with Gasteiger partial charge in [0.15, 0.2) is 0 Å². The zero-order valence-corrected chi connectivity index (χ0v) is 27.5. The van der Waals surface area contributed by atoms with E-state index in [0.29, 0.717) is 50.9 Å². The predicted molar refractivity (Wildman–Crippen MR) is 181 cm³/mol. The first-order chi connectivity index (χ1) is 22.2. The second-order valence-electron chi connectivity index (χ2n) is 14.1. The number of hydrogen-bond acceptors (Lipinski definition) is 5. The summed E-state index contributed by atoms with van der Waals surface area (Å²) in [7, 11) is 0. The molecule has 4 heterocycles. The van der Waals surface area contributed by atoms with Gasteiger partial charge in [0.1, 0.15) is 0 Å². The number of nitrogens with zero attached hydrogens (tertiary/aromatic N) is 5. The van der Waals surface area contributed by atoms with E-state index < -0.39 is 5.41 Å². The average Bonchev–Trinajstić information content (AvgIpc) is 3.11. The average molecular weight is 622 g/mol. The van der Waals surface area contributed by atoms with Gasteiger partial charge < -0.3 is 14.7 Å². The minimum atomic E-state index is -0.398. The third kappa shape index (κ3) is 7.17. The van der Waals surface area contributed by atoms with Crippen LogP contribution in [0.25, 0.3) is 22.5 Å². The quantitative estimate of drug-likeness (QED) is 0.379. The van der Waals surface area contributed by atoms with Gasteiger partial charge in [0.05, 0.1) is 17.3 Å². The summed E-state index contributed by atoms with van der Waals surface area (Å²) in [6, 6.07) is 24.3. The molecule has 8 nitrogen and oxygen atoms in total. The monoisotopic (exact) mass is 621 g/mol. The summed E-state index contributed by atoms with van der Waals surface area (Å²) in [5.41, 5.74) is 3.84. The Hall–Kier alpha value is -4.04. The van der Waals surface area contributed by atoms with E-state index in [2.05, 4.69) is 4.90 Å². The van der Waals surface area contributed by atoms with Crippen LogP contribution in [0.1, 0.15) is 56.8 Å². The predicted octanol–water partition coefficient (Wildman–Crippen LogP) is 5.45. The number of piperazine rings is 1. The van der Waals surface area contributed by atoms with Gasteiger partial charge in [0.2, 0.25) is 11.8 Å². The number of aromatic nitrogens is 1. The van der Waals surface area contributed by atoms with Gasteiger partial charge in [-0.3, -0.25) is 19.3 Å². The summed E-state index contributed by atoms with van der Waals surface area (Å²) >= 11 is 0. The second kappa shape index (κ2) is 13.8. The Bertz CT molecular complexity index is 1460. The molecule has 0 N–H and O–H groups in total. The molecular formula is C38H47N5O3. The van der Waals surface area contributed by atoms with Crippen molar-refractivity contribution < 1.29 is 14.4 Å². The zero-order valence-electron chi connectivity index (χ0n) is 27.5. The standard InChI is InChI=1S/C38H47N5O3/c1-38(2,3)37(46)42-23-21-41(22-24-42)35(44)30-15-10-18-43(27-30)32-16-19-40(20-17-32)36(45)31-25-33(28-11-6-4-7-12-28)39-34(26-31)29-13-8-5-9-14-29/h4-9,11-14,25-26,30,32H,10,15-24,27H2,1-3H3/t30-/m1/s1. The molecule has 0 spiro atoms.